The molecule has 1 aromatic heterocycles. The lowest BCUT2D eigenvalue weighted by Crippen LogP contribution is -2.44. The van der Waals surface area contributed by atoms with Gasteiger partial charge in [0.1, 0.15) is 17.4 Å². The molecule has 33 heavy (non-hydrogen) atoms. The Bertz CT molecular complexity index is 1060. The first-order valence-corrected chi connectivity index (χ1v) is 11.6. The molecule has 2 N–H and O–H groups in total. The Morgan fingerprint density at radius 3 is 2.64 bits per heavy atom. The largest absolute Gasteiger partial charge is 0.443 e. The lowest BCUT2D eigenvalue weighted by molar-refractivity contribution is -0.118. The Hall–Kier alpha value is -3.13. The molecule has 174 valence electrons. The van der Waals surface area contributed by atoms with Crippen molar-refractivity contribution < 1.29 is 23.8 Å². The van der Waals surface area contributed by atoms with Gasteiger partial charge in [0.05, 0.1) is 24.1 Å². The quantitative estimate of drug-likeness (QED) is 0.629. The average molecular weight is 452 g/mol. The maximum absolute atomic E-state index is 12.6. The van der Waals surface area contributed by atoms with E-state index in [0.717, 1.165) is 25.7 Å². The third kappa shape index (κ3) is 4.53. The molecular weight excluding hydrogens is 422 g/mol. The molecule has 3 aliphatic rings. The molecular formula is C25H29N3O5. The second kappa shape index (κ2) is 8.33. The minimum atomic E-state index is -0.691. The number of hydrogen-bond donors (Lipinski definition) is 2. The summed E-state index contributed by atoms with van der Waals surface area (Å²) in [5, 5.41) is 5.42. The van der Waals surface area contributed by atoms with E-state index in [4.69, 9.17) is 14.2 Å². The van der Waals surface area contributed by atoms with Gasteiger partial charge >= 0.3 is 6.09 Å². The van der Waals surface area contributed by atoms with Crippen LogP contribution >= 0.6 is 0 Å². The molecule has 0 unspecified atom stereocenters. The van der Waals surface area contributed by atoms with Gasteiger partial charge in [-0.05, 0) is 74.8 Å². The molecule has 1 spiro atoms. The Labute approximate surface area is 193 Å². The number of amides is 2. The minimum Gasteiger partial charge on any atom is -0.443 e. The number of nitrogens with one attached hydrogen (secondary N) is 2. The molecule has 5 rings (SSSR count). The summed E-state index contributed by atoms with van der Waals surface area (Å²) >= 11 is 0. The van der Waals surface area contributed by atoms with E-state index in [0.29, 0.717) is 30.3 Å². The van der Waals surface area contributed by atoms with Gasteiger partial charge in [-0.3, -0.25) is 4.79 Å². The first-order valence-electron chi connectivity index (χ1n) is 11.6. The Morgan fingerprint density at radius 1 is 1.18 bits per heavy atom. The number of ether oxygens (including phenoxy) is 3. The highest BCUT2D eigenvalue weighted by molar-refractivity contribution is 5.96. The van der Waals surface area contributed by atoms with Crippen LogP contribution < -0.4 is 15.4 Å². The van der Waals surface area contributed by atoms with Gasteiger partial charge < -0.3 is 24.8 Å². The second-order valence-electron chi connectivity index (χ2n) is 9.38. The highest BCUT2D eigenvalue weighted by Gasteiger charge is 2.45. The van der Waals surface area contributed by atoms with Crippen LogP contribution in [0, 0.1) is 0 Å². The highest BCUT2D eigenvalue weighted by atomic mass is 16.6. The van der Waals surface area contributed by atoms with Crippen molar-refractivity contribution in [3.63, 3.8) is 0 Å². The van der Waals surface area contributed by atoms with E-state index in [1.807, 2.05) is 19.9 Å². The van der Waals surface area contributed by atoms with E-state index >= 15 is 0 Å². The highest BCUT2D eigenvalue weighted by Crippen LogP contribution is 2.51. The summed E-state index contributed by atoms with van der Waals surface area (Å²) in [5.74, 6) is 0.823. The van der Waals surface area contributed by atoms with Crippen molar-refractivity contribution in [1.29, 1.82) is 0 Å². The monoisotopic (exact) mass is 451 g/mol. The fraction of sp³-hybridized carbons (Fsp3) is 0.480. The fourth-order valence-electron chi connectivity index (χ4n) is 4.27. The number of hydrogen-bond acceptors (Lipinski definition) is 6. The maximum Gasteiger partial charge on any atom is 0.408 e. The molecule has 1 aromatic carbocycles. The van der Waals surface area contributed by atoms with E-state index < -0.39 is 12.1 Å². The third-order valence-electron chi connectivity index (χ3n) is 6.77. The summed E-state index contributed by atoms with van der Waals surface area (Å²) in [6.45, 7) is 4.37. The van der Waals surface area contributed by atoms with E-state index in [-0.39, 0.29) is 17.1 Å². The summed E-state index contributed by atoms with van der Waals surface area (Å²) in [7, 11) is 0. The van der Waals surface area contributed by atoms with E-state index in [9.17, 15) is 9.59 Å². The summed E-state index contributed by atoms with van der Waals surface area (Å²) < 4.78 is 17.3. The van der Waals surface area contributed by atoms with Crippen molar-refractivity contribution >= 4 is 17.7 Å². The topological polar surface area (TPSA) is 98.8 Å². The summed E-state index contributed by atoms with van der Waals surface area (Å²) in [5.41, 5.74) is 2.46. The molecule has 0 bridgehead atoms. The van der Waals surface area contributed by atoms with Gasteiger partial charge in [-0.2, -0.15) is 0 Å². The van der Waals surface area contributed by atoms with E-state index in [2.05, 4.69) is 27.8 Å². The van der Waals surface area contributed by atoms with Crippen LogP contribution in [0.5, 0.6) is 11.6 Å². The second-order valence-corrected chi connectivity index (χ2v) is 9.38. The number of aromatic nitrogens is 1. The van der Waals surface area contributed by atoms with Crippen LogP contribution in [0.15, 0.2) is 36.5 Å². The van der Waals surface area contributed by atoms with Crippen molar-refractivity contribution in [1.82, 2.24) is 10.3 Å². The zero-order chi connectivity index (χ0) is 23.1. The van der Waals surface area contributed by atoms with Crippen LogP contribution in [0.4, 0.5) is 10.5 Å². The molecule has 1 atom stereocenters. The van der Waals surface area contributed by atoms with Crippen molar-refractivity contribution in [2.75, 3.05) is 5.32 Å². The summed E-state index contributed by atoms with van der Waals surface area (Å²) in [6, 6.07) is 8.77. The first kappa shape index (κ1) is 21.7. The number of nitrogens with zero attached hydrogens (tertiary/aromatic N) is 1. The third-order valence-corrected chi connectivity index (χ3v) is 6.77. The summed E-state index contributed by atoms with van der Waals surface area (Å²) in [4.78, 5) is 28.9. The lowest BCUT2D eigenvalue weighted by Gasteiger charge is -2.38. The minimum absolute atomic E-state index is 0.122. The molecule has 2 fully saturated rings. The van der Waals surface area contributed by atoms with Crippen LogP contribution in [0.25, 0.3) is 0 Å². The number of rotatable bonds is 7. The predicted molar refractivity (Wildman–Crippen MR) is 121 cm³/mol. The fourth-order valence-corrected chi connectivity index (χ4v) is 4.27. The molecule has 8 heteroatoms. The van der Waals surface area contributed by atoms with Gasteiger partial charge in [0, 0.05) is 6.07 Å². The molecule has 1 aliphatic heterocycles. The molecule has 2 saturated carbocycles. The lowest BCUT2D eigenvalue weighted by atomic mass is 9.75. The molecule has 8 nitrogen and oxygen atoms in total. The normalized spacial score (nSPS) is 19.7. The van der Waals surface area contributed by atoms with Gasteiger partial charge in [0.15, 0.2) is 0 Å². The number of benzene rings is 1. The average Bonchev–Trinajstić information content (AvgIpc) is 3.36. The van der Waals surface area contributed by atoms with Crippen molar-refractivity contribution in [2.45, 2.75) is 76.2 Å². The first-order chi connectivity index (χ1) is 15.9. The Morgan fingerprint density at radius 2 is 2.00 bits per heavy atom. The number of carbonyl (C=O) groups excluding carboxylic acids is 2. The number of fused-ring (bicyclic) bond motifs is 2. The van der Waals surface area contributed by atoms with Crippen molar-refractivity contribution in [3.8, 4) is 11.6 Å². The van der Waals surface area contributed by atoms with E-state index in [1.54, 1.807) is 12.1 Å². The van der Waals surface area contributed by atoms with Crippen molar-refractivity contribution in [2.24, 2.45) is 0 Å². The smallest absolute Gasteiger partial charge is 0.408 e. The Balaban J connectivity index is 1.18. The van der Waals surface area contributed by atoms with Gasteiger partial charge in [0.2, 0.25) is 11.8 Å². The molecule has 0 saturated heterocycles. The number of anilines is 1. The van der Waals surface area contributed by atoms with Crippen molar-refractivity contribution in [3.05, 3.63) is 47.7 Å². The zero-order valence-corrected chi connectivity index (χ0v) is 19.0. The van der Waals surface area contributed by atoms with Crippen LogP contribution in [0.2, 0.25) is 0 Å². The molecule has 2 aliphatic carbocycles. The van der Waals surface area contributed by atoms with E-state index in [1.165, 1.54) is 23.7 Å². The molecule has 2 amide bonds. The number of pyridine rings is 1. The van der Waals surface area contributed by atoms with Gasteiger partial charge in [-0.1, -0.05) is 13.0 Å². The SMILES string of the molecule is CC[C@@H](NC(=O)OC1(C)CC1)C(=O)Nc1ccc(Oc2ccc3c(c2)C2(CCC2)OC3)nc1. The van der Waals surface area contributed by atoms with Crippen LogP contribution in [-0.2, 0) is 26.5 Å². The van der Waals surface area contributed by atoms with Crippen LogP contribution in [0.3, 0.4) is 0 Å². The standard InChI is InChI=1S/C25H29N3O5/c1-3-20(28-23(30)33-24(2)11-12-24)22(29)27-17-6-8-21(26-14-17)32-18-7-5-16-15-31-25(9-4-10-25)19(16)13-18/h5-8,13-14,20H,3-4,9-12,15H2,1-2H3,(H,27,29)(H,28,30)/t20-/m1/s1. The molecule has 2 aromatic rings. The molecule has 2 heterocycles. The van der Waals surface area contributed by atoms with Crippen LogP contribution in [0.1, 0.15) is 63.5 Å². The molecule has 0 radical (unpaired) electrons. The Kier molecular flexibility index (Phi) is 5.48. The van der Waals surface area contributed by atoms with Gasteiger partial charge in [-0.25, -0.2) is 9.78 Å². The summed E-state index contributed by atoms with van der Waals surface area (Å²) in [6.07, 6.45) is 6.41. The van der Waals surface area contributed by atoms with Gasteiger partial charge in [0.25, 0.3) is 0 Å². The predicted octanol–water partition coefficient (Wildman–Crippen LogP) is 4.78. The van der Waals surface area contributed by atoms with Gasteiger partial charge in [-0.15, -0.1) is 0 Å². The maximum atomic E-state index is 12.6. The number of carbonyl (C=O) groups is 2. The zero-order valence-electron chi connectivity index (χ0n) is 19.0. The number of alkyl carbamates (subject to hydrolysis) is 1. The van der Waals surface area contributed by atoms with Crippen LogP contribution in [-0.4, -0.2) is 28.6 Å².